The van der Waals surface area contributed by atoms with Crippen molar-refractivity contribution in [3.63, 3.8) is 0 Å². The first-order chi connectivity index (χ1) is 10.7. The lowest BCUT2D eigenvalue weighted by Crippen LogP contribution is -2.38. The quantitative estimate of drug-likeness (QED) is 0.921. The van der Waals surface area contributed by atoms with Crippen molar-refractivity contribution >= 4 is 17.9 Å². The minimum absolute atomic E-state index is 0.0280. The molecule has 4 heteroatoms. The number of hydrogen-bond acceptors (Lipinski definition) is 2. The zero-order valence-corrected chi connectivity index (χ0v) is 14.7. The minimum Gasteiger partial charge on any atom is -0.356 e. The number of nitrogens with zero attached hydrogens (tertiary/aromatic N) is 1. The molecule has 1 atom stereocenters. The monoisotopic (exact) mass is 314 g/mol. The van der Waals surface area contributed by atoms with E-state index in [-0.39, 0.29) is 23.1 Å². The molecule has 1 unspecified atom stereocenters. The van der Waals surface area contributed by atoms with Crippen molar-refractivity contribution in [3.05, 3.63) is 33.8 Å². The number of benzene rings is 1. The predicted molar refractivity (Wildman–Crippen MR) is 91.4 cm³/mol. The Bertz CT molecular complexity index is 742. The maximum Gasteiger partial charge on any atom is 0.253 e. The number of aryl methyl sites for hydroxylation is 2. The van der Waals surface area contributed by atoms with Crippen LogP contribution in [0.3, 0.4) is 0 Å². The number of rotatable bonds is 4. The molecule has 1 aromatic rings. The fourth-order valence-electron chi connectivity index (χ4n) is 2.76. The summed E-state index contributed by atoms with van der Waals surface area (Å²) in [5.41, 5.74) is 2.12. The van der Waals surface area contributed by atoms with E-state index in [0.717, 1.165) is 21.7 Å². The number of nitrogens with one attached hydrogen (secondary N) is 1. The summed E-state index contributed by atoms with van der Waals surface area (Å²) in [5, 5.41) is 4.75. The summed E-state index contributed by atoms with van der Waals surface area (Å²) in [6.07, 6.45) is 3.08. The zero-order valence-electron chi connectivity index (χ0n) is 14.7. The summed E-state index contributed by atoms with van der Waals surface area (Å²) >= 11 is 0. The summed E-state index contributed by atoms with van der Waals surface area (Å²) in [5.74, 6) is -0.334. The second-order valence-corrected chi connectivity index (χ2v) is 7.56. The van der Waals surface area contributed by atoms with E-state index >= 15 is 0 Å². The van der Waals surface area contributed by atoms with Gasteiger partial charge in [-0.2, -0.15) is 0 Å². The Morgan fingerprint density at radius 3 is 2.52 bits per heavy atom. The molecule has 2 rings (SSSR count). The predicted octanol–water partition coefficient (Wildman–Crippen LogP) is 1.80. The molecule has 1 N–H and O–H groups in total. The van der Waals surface area contributed by atoms with Gasteiger partial charge in [0.15, 0.2) is 0 Å². The highest BCUT2D eigenvalue weighted by molar-refractivity contribution is 5.86. The third-order valence-corrected chi connectivity index (χ3v) is 4.01. The van der Waals surface area contributed by atoms with Crippen molar-refractivity contribution in [2.75, 3.05) is 6.54 Å². The van der Waals surface area contributed by atoms with Crippen LogP contribution < -0.4 is 15.9 Å². The van der Waals surface area contributed by atoms with Gasteiger partial charge in [0.1, 0.15) is 0 Å². The maximum atomic E-state index is 12.2. The number of fused-ring (bicyclic) bond motifs is 1. The number of hydrogen-bond donors (Lipinski definition) is 1. The van der Waals surface area contributed by atoms with Gasteiger partial charge in [-0.1, -0.05) is 39.0 Å². The van der Waals surface area contributed by atoms with Crippen molar-refractivity contribution in [1.29, 1.82) is 0 Å². The van der Waals surface area contributed by atoms with E-state index in [4.69, 9.17) is 0 Å². The highest BCUT2D eigenvalue weighted by atomic mass is 16.2. The highest BCUT2D eigenvalue weighted by Gasteiger charge is 2.20. The van der Waals surface area contributed by atoms with Gasteiger partial charge in [0.2, 0.25) is 5.91 Å². The first kappa shape index (κ1) is 17.4. The minimum atomic E-state index is -0.252. The first-order valence-electron chi connectivity index (χ1n) is 8.15. The Balaban J connectivity index is 2.05. The van der Waals surface area contributed by atoms with Gasteiger partial charge >= 0.3 is 0 Å². The molecule has 0 bridgehead atoms. The lowest BCUT2D eigenvalue weighted by molar-refractivity contribution is -0.123. The van der Waals surface area contributed by atoms with Crippen molar-refractivity contribution in [1.82, 2.24) is 5.32 Å². The van der Waals surface area contributed by atoms with Crippen molar-refractivity contribution in [2.45, 2.75) is 47.5 Å². The van der Waals surface area contributed by atoms with Crippen LogP contribution in [0.5, 0.6) is 0 Å². The molecule has 0 radical (unpaired) electrons. The van der Waals surface area contributed by atoms with E-state index in [1.807, 2.05) is 46.8 Å². The molecule has 23 heavy (non-hydrogen) atoms. The molecular weight excluding hydrogens is 288 g/mol. The van der Waals surface area contributed by atoms with E-state index < -0.39 is 0 Å². The molecule has 0 saturated heterocycles. The molecule has 0 aromatic heterocycles. The molecule has 0 aliphatic carbocycles. The number of amides is 2. The highest BCUT2D eigenvalue weighted by Crippen LogP contribution is 2.18. The Morgan fingerprint density at radius 1 is 1.22 bits per heavy atom. The number of carbonyl (C=O) groups excluding carboxylic acids is 2. The molecule has 2 amide bonds. The Kier molecular flexibility index (Phi) is 5.03. The van der Waals surface area contributed by atoms with Gasteiger partial charge in [0.05, 0.1) is 11.3 Å². The van der Waals surface area contributed by atoms with Gasteiger partial charge in [-0.15, -0.1) is 0 Å². The van der Waals surface area contributed by atoms with Gasteiger partial charge in [0, 0.05) is 18.2 Å². The molecule has 1 heterocycles. The summed E-state index contributed by atoms with van der Waals surface area (Å²) < 4.78 is 0. The largest absolute Gasteiger partial charge is 0.356 e. The second-order valence-electron chi connectivity index (χ2n) is 7.56. The van der Waals surface area contributed by atoms with Crippen LogP contribution in [0.25, 0.3) is 6.08 Å². The molecule has 0 saturated carbocycles. The molecule has 0 fully saturated rings. The van der Waals surface area contributed by atoms with E-state index in [9.17, 15) is 9.59 Å². The number of carbonyl (C=O) groups is 2. The Morgan fingerprint density at radius 2 is 1.87 bits per heavy atom. The average molecular weight is 314 g/mol. The maximum absolute atomic E-state index is 12.2. The first-order valence-corrected chi connectivity index (χ1v) is 8.15. The Hall–Kier alpha value is -1.97. The van der Waals surface area contributed by atoms with Crippen molar-refractivity contribution in [3.8, 4) is 0 Å². The van der Waals surface area contributed by atoms with Crippen LogP contribution in [0.1, 0.15) is 44.7 Å². The third kappa shape index (κ3) is 4.50. The third-order valence-electron chi connectivity index (χ3n) is 4.01. The van der Waals surface area contributed by atoms with Gasteiger partial charge in [-0.25, -0.2) is 4.99 Å². The standard InChI is InChI=1S/C19H26N2O2/c1-12-6-7-13(2)17-15(12)10-14(18(23)21-17)8-9-20-16(22)11-19(3,4)5/h6-7,10,14H,8-9,11H2,1-5H3,(H,20,22). The smallest absolute Gasteiger partial charge is 0.253 e. The molecular formula is C19H26N2O2. The summed E-state index contributed by atoms with van der Waals surface area (Å²) in [7, 11) is 0. The molecule has 1 aliphatic heterocycles. The van der Waals surface area contributed by atoms with E-state index in [0.29, 0.717) is 19.4 Å². The van der Waals surface area contributed by atoms with Crippen molar-refractivity contribution < 1.29 is 9.59 Å². The fraction of sp³-hybridized carbons (Fsp3) is 0.526. The lowest BCUT2D eigenvalue weighted by Gasteiger charge is -2.18. The summed E-state index contributed by atoms with van der Waals surface area (Å²) in [6, 6.07) is 4.05. The van der Waals surface area contributed by atoms with Crippen molar-refractivity contribution in [2.24, 2.45) is 16.3 Å². The van der Waals surface area contributed by atoms with Gasteiger partial charge < -0.3 is 5.32 Å². The van der Waals surface area contributed by atoms with Gasteiger partial charge in [-0.3, -0.25) is 9.59 Å². The van der Waals surface area contributed by atoms with Crippen LogP contribution >= 0.6 is 0 Å². The molecule has 4 nitrogen and oxygen atoms in total. The normalized spacial score (nSPS) is 17.1. The molecule has 124 valence electrons. The van der Waals surface area contributed by atoms with Crippen LogP contribution in [0, 0.1) is 25.2 Å². The topological polar surface area (TPSA) is 58.5 Å². The molecule has 0 spiro atoms. The molecule has 1 aliphatic rings. The average Bonchev–Trinajstić information content (AvgIpc) is 2.42. The van der Waals surface area contributed by atoms with Crippen LogP contribution in [-0.2, 0) is 9.59 Å². The van der Waals surface area contributed by atoms with Crippen LogP contribution in [0.2, 0.25) is 0 Å². The van der Waals surface area contributed by atoms with E-state index in [2.05, 4.69) is 16.4 Å². The Labute approximate surface area is 137 Å². The van der Waals surface area contributed by atoms with E-state index in [1.165, 1.54) is 0 Å². The fourth-order valence-corrected chi connectivity index (χ4v) is 2.76. The van der Waals surface area contributed by atoms with Crippen LogP contribution in [-0.4, -0.2) is 18.4 Å². The van der Waals surface area contributed by atoms with Crippen LogP contribution in [0.4, 0.5) is 0 Å². The van der Waals surface area contributed by atoms with Crippen LogP contribution in [0.15, 0.2) is 17.1 Å². The summed E-state index contributed by atoms with van der Waals surface area (Å²) in [4.78, 5) is 28.3. The lowest BCUT2D eigenvalue weighted by atomic mass is 9.92. The molecule has 1 aromatic carbocycles. The zero-order chi connectivity index (χ0) is 17.2. The van der Waals surface area contributed by atoms with E-state index in [1.54, 1.807) is 0 Å². The van der Waals surface area contributed by atoms with Gasteiger partial charge in [-0.05, 0) is 36.8 Å². The second kappa shape index (κ2) is 6.65. The van der Waals surface area contributed by atoms with Gasteiger partial charge in [0.25, 0.3) is 5.91 Å². The summed E-state index contributed by atoms with van der Waals surface area (Å²) in [6.45, 7) is 10.6. The SMILES string of the molecule is Cc1ccc(C)c2c1=CC(CCNC(=O)CC(C)(C)C)C(=O)N=2.